The van der Waals surface area contributed by atoms with Gasteiger partial charge in [-0.05, 0) is 0 Å². The van der Waals surface area contributed by atoms with Gasteiger partial charge in [-0.25, -0.2) is 0 Å². The molecule has 0 rings (SSSR count). The molecule has 0 aromatic heterocycles. The van der Waals surface area contributed by atoms with E-state index in [-0.39, 0.29) is 51.3 Å². The Bertz CT molecular complexity index is 6.00. The van der Waals surface area contributed by atoms with Crippen LogP contribution in [-0.2, 0) is 27.3 Å². The second kappa shape index (κ2) is 22.7. The molecular formula is C2H5CdI. The molecule has 22 valence electrons. The molecule has 0 radical (unpaired) electrons. The van der Waals surface area contributed by atoms with E-state index in [1.54, 1.807) is 6.92 Å². The number of rotatable bonds is 0. The average molecular weight is 268 g/mol. The predicted molar refractivity (Wildman–Crippen MR) is 11.0 cm³/mol. The smallest absolute Gasteiger partial charge is 1.00 e. The maximum absolute atomic E-state index is 3.25. The number of hydrogen-bond donors (Lipinski definition) is 0. The summed E-state index contributed by atoms with van der Waals surface area (Å²) in [4.78, 5) is 0. The summed E-state index contributed by atoms with van der Waals surface area (Å²) in [5.74, 6) is 0. The van der Waals surface area contributed by atoms with Gasteiger partial charge in [-0.2, -0.15) is 6.92 Å². The maximum Gasteiger partial charge on any atom is 2.00 e. The van der Waals surface area contributed by atoms with Crippen molar-refractivity contribution >= 4 is 0 Å². The van der Waals surface area contributed by atoms with Crippen molar-refractivity contribution in [1.82, 2.24) is 0 Å². The molecule has 0 unspecified atom stereocenters. The van der Waals surface area contributed by atoms with E-state index in [4.69, 9.17) is 0 Å². The third-order valence-electron chi connectivity index (χ3n) is 0. The molecule has 0 aliphatic heterocycles. The van der Waals surface area contributed by atoms with Gasteiger partial charge in [0.25, 0.3) is 0 Å². The molecule has 0 saturated heterocycles. The van der Waals surface area contributed by atoms with Crippen LogP contribution in [0.3, 0.4) is 0 Å². The van der Waals surface area contributed by atoms with Crippen LogP contribution in [0.15, 0.2) is 0 Å². The van der Waals surface area contributed by atoms with Gasteiger partial charge in [0.1, 0.15) is 0 Å². The molecule has 0 aromatic carbocycles. The maximum atomic E-state index is 3.25. The minimum Gasteiger partial charge on any atom is -1.00 e. The average Bonchev–Trinajstić information content (AvgIpc) is 1.00. The van der Waals surface area contributed by atoms with Crippen LogP contribution in [0.25, 0.3) is 0 Å². The Morgan fingerprint density at radius 1 is 1.25 bits per heavy atom. The first-order chi connectivity index (χ1) is 1.00. The van der Waals surface area contributed by atoms with E-state index in [0.29, 0.717) is 0 Å². The fraction of sp³-hybridized carbons (Fsp3) is 0.500. The van der Waals surface area contributed by atoms with Gasteiger partial charge in [-0.3, -0.25) is 0 Å². The molecule has 2 heteroatoms. The SMILES string of the molecule is [CH2-]C.[Cd+2].[I-]. The zero-order chi connectivity index (χ0) is 2.00. The first-order valence-electron chi connectivity index (χ1n) is 0.707. The molecule has 0 spiro atoms. The monoisotopic (exact) mass is 270 g/mol. The normalized spacial score (nSPS) is 1.50. The topological polar surface area (TPSA) is 0 Å². The molecule has 0 bridgehead atoms. The van der Waals surface area contributed by atoms with Crippen LogP contribution in [0.1, 0.15) is 6.92 Å². The molecule has 0 nitrogen and oxygen atoms in total. The van der Waals surface area contributed by atoms with E-state index in [0.717, 1.165) is 0 Å². The predicted octanol–water partition coefficient (Wildman–Crippen LogP) is -2.16. The van der Waals surface area contributed by atoms with Crippen molar-refractivity contribution in [3.05, 3.63) is 6.92 Å². The van der Waals surface area contributed by atoms with Gasteiger partial charge in [-0.15, -0.1) is 0 Å². The second-order valence-electron chi connectivity index (χ2n) is 0. The van der Waals surface area contributed by atoms with Crippen molar-refractivity contribution in [2.75, 3.05) is 0 Å². The quantitative estimate of drug-likeness (QED) is 0.267. The molecule has 0 N–H and O–H groups in total. The minimum atomic E-state index is 0. The summed E-state index contributed by atoms with van der Waals surface area (Å²) < 4.78 is 0. The molecule has 0 amide bonds. The Hall–Kier alpha value is 1.65. The van der Waals surface area contributed by atoms with Crippen LogP contribution in [0.5, 0.6) is 0 Å². The van der Waals surface area contributed by atoms with E-state index in [2.05, 4.69) is 6.92 Å². The van der Waals surface area contributed by atoms with Gasteiger partial charge in [0.05, 0.1) is 0 Å². The van der Waals surface area contributed by atoms with Gasteiger partial charge in [0.2, 0.25) is 0 Å². The summed E-state index contributed by atoms with van der Waals surface area (Å²) in [5.41, 5.74) is 0. The van der Waals surface area contributed by atoms with Crippen molar-refractivity contribution < 1.29 is 51.3 Å². The van der Waals surface area contributed by atoms with Gasteiger partial charge in [-0.1, -0.05) is 0 Å². The van der Waals surface area contributed by atoms with Gasteiger partial charge >= 0.3 is 27.3 Å². The first-order valence-corrected chi connectivity index (χ1v) is 0.707. The fourth-order valence-corrected chi connectivity index (χ4v) is 0. The molecule has 0 aromatic rings. The van der Waals surface area contributed by atoms with Crippen molar-refractivity contribution in [3.8, 4) is 0 Å². The van der Waals surface area contributed by atoms with Crippen LogP contribution in [-0.4, -0.2) is 0 Å². The minimum absolute atomic E-state index is 0. The molecule has 0 saturated carbocycles. The Kier molecular flexibility index (Phi) is 98.8. The van der Waals surface area contributed by atoms with Crippen molar-refractivity contribution in [3.63, 3.8) is 0 Å². The Labute approximate surface area is 64.5 Å². The number of halogens is 1. The summed E-state index contributed by atoms with van der Waals surface area (Å²) in [6.07, 6.45) is 0. The van der Waals surface area contributed by atoms with Gasteiger partial charge in [0, 0.05) is 0 Å². The Morgan fingerprint density at radius 2 is 1.25 bits per heavy atom. The van der Waals surface area contributed by atoms with Crippen LogP contribution in [0, 0.1) is 6.92 Å². The summed E-state index contributed by atoms with van der Waals surface area (Å²) in [6, 6.07) is 0. The summed E-state index contributed by atoms with van der Waals surface area (Å²) >= 11 is 0. The van der Waals surface area contributed by atoms with E-state index in [1.807, 2.05) is 0 Å². The molecular weight excluding hydrogens is 263 g/mol. The van der Waals surface area contributed by atoms with E-state index in [1.165, 1.54) is 0 Å². The molecule has 4 heavy (non-hydrogen) atoms. The first kappa shape index (κ1) is 17.4. The van der Waals surface area contributed by atoms with Crippen LogP contribution in [0.2, 0.25) is 0 Å². The summed E-state index contributed by atoms with van der Waals surface area (Å²) in [6.45, 7) is 5.00. The molecule has 0 atom stereocenters. The largest absolute Gasteiger partial charge is 2.00 e. The second-order valence-corrected chi connectivity index (χ2v) is 0. The third-order valence-corrected chi connectivity index (χ3v) is 0. The molecule has 0 heterocycles. The molecule has 0 aliphatic rings. The summed E-state index contributed by atoms with van der Waals surface area (Å²) in [5, 5.41) is 0. The van der Waals surface area contributed by atoms with E-state index >= 15 is 0 Å². The van der Waals surface area contributed by atoms with Crippen molar-refractivity contribution in [2.45, 2.75) is 6.92 Å². The Morgan fingerprint density at radius 3 is 1.25 bits per heavy atom. The number of hydrogen-bond acceptors (Lipinski definition) is 0. The van der Waals surface area contributed by atoms with Gasteiger partial charge < -0.3 is 30.9 Å². The fourth-order valence-electron chi connectivity index (χ4n) is 0. The van der Waals surface area contributed by atoms with E-state index < -0.39 is 0 Å². The van der Waals surface area contributed by atoms with Crippen LogP contribution in [0.4, 0.5) is 0 Å². The molecule has 0 fully saturated rings. The van der Waals surface area contributed by atoms with Crippen LogP contribution < -0.4 is 24.0 Å². The molecule has 0 aliphatic carbocycles. The van der Waals surface area contributed by atoms with Crippen LogP contribution >= 0.6 is 0 Å². The zero-order valence-corrected chi connectivity index (χ0v) is 8.99. The van der Waals surface area contributed by atoms with Crippen molar-refractivity contribution in [2.24, 2.45) is 0 Å². The zero-order valence-electron chi connectivity index (χ0n) is 2.79. The van der Waals surface area contributed by atoms with E-state index in [9.17, 15) is 0 Å². The summed E-state index contributed by atoms with van der Waals surface area (Å²) in [7, 11) is 0. The van der Waals surface area contributed by atoms with Gasteiger partial charge in [0.15, 0.2) is 0 Å². The Balaban J connectivity index is -0.00000000500. The standard InChI is InChI=1S/C2H5.Cd.HI/c1-2;;/h1H2,2H3;;1H/q-1;+2;/p-1. The third kappa shape index (κ3) is 9.41. The van der Waals surface area contributed by atoms with Crippen molar-refractivity contribution in [1.29, 1.82) is 0 Å².